The van der Waals surface area contributed by atoms with Gasteiger partial charge in [0, 0.05) is 6.20 Å². The van der Waals surface area contributed by atoms with Gasteiger partial charge in [-0.2, -0.15) is 0 Å². The van der Waals surface area contributed by atoms with Crippen LogP contribution in [-0.2, 0) is 0 Å². The molecule has 0 fully saturated rings. The SMILES string of the molecule is CC(Nc1cccc(Cl)c1[N+](=O)[O-])c1ccccn1. The highest BCUT2D eigenvalue weighted by Gasteiger charge is 2.20. The monoisotopic (exact) mass is 277 g/mol. The highest BCUT2D eigenvalue weighted by molar-refractivity contribution is 6.33. The quantitative estimate of drug-likeness (QED) is 0.681. The first kappa shape index (κ1) is 13.3. The number of rotatable bonds is 4. The van der Waals surface area contributed by atoms with E-state index in [-0.39, 0.29) is 16.8 Å². The van der Waals surface area contributed by atoms with Gasteiger partial charge in [0.05, 0.1) is 16.7 Å². The van der Waals surface area contributed by atoms with Crippen LogP contribution in [-0.4, -0.2) is 9.91 Å². The first-order valence-corrected chi connectivity index (χ1v) is 6.07. The first-order valence-electron chi connectivity index (χ1n) is 5.70. The largest absolute Gasteiger partial charge is 0.371 e. The molecule has 0 saturated carbocycles. The Bertz CT molecular complexity index is 590. The van der Waals surface area contributed by atoms with Crippen molar-refractivity contribution >= 4 is 23.0 Å². The van der Waals surface area contributed by atoms with Crippen molar-refractivity contribution in [3.05, 3.63) is 63.4 Å². The van der Waals surface area contributed by atoms with Crippen LogP contribution in [0.2, 0.25) is 5.02 Å². The van der Waals surface area contributed by atoms with Crippen LogP contribution in [0.4, 0.5) is 11.4 Å². The van der Waals surface area contributed by atoms with E-state index in [0.717, 1.165) is 5.69 Å². The standard InChI is InChI=1S/C13H12ClN3O2/c1-9(11-6-2-3-8-15-11)16-12-7-4-5-10(14)13(12)17(18)19/h2-9,16H,1H3. The number of para-hydroxylation sites is 1. The van der Waals surface area contributed by atoms with Crippen molar-refractivity contribution in [2.75, 3.05) is 5.32 Å². The van der Waals surface area contributed by atoms with E-state index in [9.17, 15) is 10.1 Å². The summed E-state index contributed by atoms with van der Waals surface area (Å²) in [6.45, 7) is 1.88. The Kier molecular flexibility index (Phi) is 3.97. The third-order valence-corrected chi connectivity index (χ3v) is 2.98. The molecule has 1 heterocycles. The molecule has 5 nitrogen and oxygen atoms in total. The van der Waals surface area contributed by atoms with Crippen LogP contribution >= 0.6 is 11.6 Å². The Labute approximate surface area is 115 Å². The number of hydrogen-bond donors (Lipinski definition) is 1. The molecular formula is C13H12ClN3O2. The fourth-order valence-electron chi connectivity index (χ4n) is 1.76. The van der Waals surface area contributed by atoms with Crippen LogP contribution < -0.4 is 5.32 Å². The molecule has 1 aromatic heterocycles. The predicted molar refractivity (Wildman–Crippen MR) is 74.4 cm³/mol. The molecule has 1 unspecified atom stereocenters. The molecule has 0 spiro atoms. The van der Waals surface area contributed by atoms with E-state index in [2.05, 4.69) is 10.3 Å². The van der Waals surface area contributed by atoms with Gasteiger partial charge in [0.2, 0.25) is 0 Å². The van der Waals surface area contributed by atoms with Crippen LogP contribution in [0, 0.1) is 10.1 Å². The van der Waals surface area contributed by atoms with Crippen molar-refractivity contribution in [1.29, 1.82) is 0 Å². The Morgan fingerprint density at radius 3 is 2.74 bits per heavy atom. The van der Waals surface area contributed by atoms with Crippen LogP contribution in [0.3, 0.4) is 0 Å². The lowest BCUT2D eigenvalue weighted by atomic mass is 10.2. The summed E-state index contributed by atoms with van der Waals surface area (Å²) < 4.78 is 0. The minimum atomic E-state index is -0.490. The van der Waals surface area contributed by atoms with Gasteiger partial charge in [-0.15, -0.1) is 0 Å². The van der Waals surface area contributed by atoms with Gasteiger partial charge >= 0.3 is 5.69 Å². The van der Waals surface area contributed by atoms with Gasteiger partial charge in [0.1, 0.15) is 10.7 Å². The van der Waals surface area contributed by atoms with E-state index >= 15 is 0 Å². The molecule has 1 N–H and O–H groups in total. The summed E-state index contributed by atoms with van der Waals surface area (Å²) in [6, 6.07) is 10.2. The molecular weight excluding hydrogens is 266 g/mol. The molecule has 2 aromatic rings. The van der Waals surface area contributed by atoms with Gasteiger partial charge in [-0.05, 0) is 31.2 Å². The Morgan fingerprint density at radius 2 is 2.11 bits per heavy atom. The molecule has 0 aliphatic heterocycles. The Balaban J connectivity index is 2.29. The number of nitrogens with one attached hydrogen (secondary N) is 1. The molecule has 0 aliphatic carbocycles. The number of anilines is 1. The van der Waals surface area contributed by atoms with Crippen LogP contribution in [0.1, 0.15) is 18.7 Å². The van der Waals surface area contributed by atoms with E-state index in [1.54, 1.807) is 18.3 Å². The summed E-state index contributed by atoms with van der Waals surface area (Å²) in [5.74, 6) is 0. The number of nitrogens with zero attached hydrogens (tertiary/aromatic N) is 2. The number of nitro benzene ring substituents is 1. The van der Waals surface area contributed by atoms with Crippen LogP contribution in [0.25, 0.3) is 0 Å². The summed E-state index contributed by atoms with van der Waals surface area (Å²) in [5.41, 5.74) is 1.07. The van der Waals surface area contributed by atoms with E-state index in [1.165, 1.54) is 6.07 Å². The molecule has 0 saturated heterocycles. The molecule has 0 radical (unpaired) electrons. The lowest BCUT2D eigenvalue weighted by Gasteiger charge is -2.14. The maximum Gasteiger partial charge on any atom is 0.310 e. The number of aromatic nitrogens is 1. The highest BCUT2D eigenvalue weighted by Crippen LogP contribution is 2.34. The number of hydrogen-bond acceptors (Lipinski definition) is 4. The fourth-order valence-corrected chi connectivity index (χ4v) is 2.00. The summed E-state index contributed by atoms with van der Waals surface area (Å²) in [5, 5.41) is 14.2. The lowest BCUT2D eigenvalue weighted by Crippen LogP contribution is -2.09. The van der Waals surface area contributed by atoms with Gasteiger partial charge in [0.15, 0.2) is 0 Å². The van der Waals surface area contributed by atoms with Crippen molar-refractivity contribution in [3.63, 3.8) is 0 Å². The molecule has 6 heteroatoms. The normalized spacial score (nSPS) is 11.9. The fraction of sp³-hybridized carbons (Fsp3) is 0.154. The Hall–Kier alpha value is -2.14. The molecule has 2 rings (SSSR count). The number of halogens is 1. The summed E-state index contributed by atoms with van der Waals surface area (Å²) >= 11 is 5.86. The zero-order valence-corrected chi connectivity index (χ0v) is 11.0. The van der Waals surface area contributed by atoms with Crippen LogP contribution in [0.5, 0.6) is 0 Å². The number of pyridine rings is 1. The average molecular weight is 278 g/mol. The highest BCUT2D eigenvalue weighted by atomic mass is 35.5. The van der Waals surface area contributed by atoms with Gasteiger partial charge in [0.25, 0.3) is 0 Å². The minimum absolute atomic E-state index is 0.114. The zero-order valence-electron chi connectivity index (χ0n) is 10.2. The zero-order chi connectivity index (χ0) is 13.8. The third-order valence-electron chi connectivity index (χ3n) is 2.67. The minimum Gasteiger partial charge on any atom is -0.371 e. The van der Waals surface area contributed by atoms with Crippen molar-refractivity contribution < 1.29 is 4.92 Å². The summed E-state index contributed by atoms with van der Waals surface area (Å²) in [6.07, 6.45) is 1.68. The van der Waals surface area contributed by atoms with Gasteiger partial charge < -0.3 is 5.32 Å². The number of nitro groups is 1. The van der Waals surface area contributed by atoms with Crippen molar-refractivity contribution in [2.45, 2.75) is 13.0 Å². The number of benzene rings is 1. The molecule has 1 aromatic carbocycles. The second-order valence-corrected chi connectivity index (χ2v) is 4.42. The van der Waals surface area contributed by atoms with Crippen molar-refractivity contribution in [2.24, 2.45) is 0 Å². The van der Waals surface area contributed by atoms with Gasteiger partial charge in [-0.3, -0.25) is 15.1 Å². The van der Waals surface area contributed by atoms with Crippen molar-refractivity contribution in [3.8, 4) is 0 Å². The second-order valence-electron chi connectivity index (χ2n) is 4.01. The maximum atomic E-state index is 11.0. The maximum absolute atomic E-state index is 11.0. The Morgan fingerprint density at radius 1 is 1.32 bits per heavy atom. The predicted octanol–water partition coefficient (Wildman–Crippen LogP) is 3.82. The topological polar surface area (TPSA) is 68.1 Å². The van der Waals surface area contributed by atoms with Crippen molar-refractivity contribution in [1.82, 2.24) is 4.98 Å². The first-order chi connectivity index (χ1) is 9.09. The second kappa shape index (κ2) is 5.67. The summed E-state index contributed by atoms with van der Waals surface area (Å²) in [4.78, 5) is 14.7. The van der Waals surface area contributed by atoms with E-state index in [1.807, 2.05) is 25.1 Å². The van der Waals surface area contributed by atoms with Gasteiger partial charge in [-0.25, -0.2) is 0 Å². The molecule has 1 atom stereocenters. The molecule has 0 bridgehead atoms. The van der Waals surface area contributed by atoms with E-state index < -0.39 is 4.92 Å². The lowest BCUT2D eigenvalue weighted by molar-refractivity contribution is -0.383. The van der Waals surface area contributed by atoms with E-state index in [4.69, 9.17) is 11.6 Å². The molecule has 98 valence electrons. The average Bonchev–Trinajstić information content (AvgIpc) is 2.39. The van der Waals surface area contributed by atoms with E-state index in [0.29, 0.717) is 5.69 Å². The smallest absolute Gasteiger partial charge is 0.310 e. The van der Waals surface area contributed by atoms with Gasteiger partial charge in [-0.1, -0.05) is 23.7 Å². The summed E-state index contributed by atoms with van der Waals surface area (Å²) in [7, 11) is 0. The third kappa shape index (κ3) is 3.00. The molecule has 19 heavy (non-hydrogen) atoms. The molecule has 0 aliphatic rings. The molecule has 0 amide bonds. The van der Waals surface area contributed by atoms with Crippen LogP contribution in [0.15, 0.2) is 42.6 Å².